The molecule has 0 saturated carbocycles. The Morgan fingerprint density at radius 1 is 0.206 bits per heavy atom. The first-order valence-electron chi connectivity index (χ1n) is 54.7. The van der Waals surface area contributed by atoms with Crippen LogP contribution in [-0.4, -0.2) is 292 Å². The van der Waals surface area contributed by atoms with Gasteiger partial charge < -0.3 is 87.2 Å². The van der Waals surface area contributed by atoms with Crippen LogP contribution in [0.4, 0.5) is 0 Å². The third kappa shape index (κ3) is 99.2. The molecule has 0 fully saturated rings. The second kappa shape index (κ2) is 105. The normalized spacial score (nSPS) is 15.2. The minimum absolute atomic E-state index is 0.176. The number of nitrogens with zero attached hydrogens (tertiary/aromatic N) is 5. The molecule has 0 heterocycles. The first-order chi connectivity index (χ1) is 60.7. The van der Waals surface area contributed by atoms with E-state index in [9.17, 15) is 40.9 Å². The molecule has 0 bridgehead atoms. The first-order valence-corrected chi connectivity index (χ1v) is 54.7. The van der Waals surface area contributed by atoms with Gasteiger partial charge in [0.15, 0.2) is 0 Å². The molecule has 0 aliphatic rings. The predicted molar refractivity (Wildman–Crippen MR) is 553 cm³/mol. The van der Waals surface area contributed by atoms with Gasteiger partial charge in [-0.15, -0.1) is 0 Å². The van der Waals surface area contributed by atoms with Gasteiger partial charge in [-0.25, -0.2) is 0 Å². The molecule has 0 spiro atoms. The van der Waals surface area contributed by atoms with E-state index in [1.165, 1.54) is 263 Å². The fraction of sp³-hybridized carbons (Fsp3) is 1.00. The summed E-state index contributed by atoms with van der Waals surface area (Å²) >= 11 is 0. The van der Waals surface area contributed by atoms with Crippen LogP contribution in [0.15, 0.2) is 0 Å². The lowest BCUT2D eigenvalue weighted by Gasteiger charge is -2.30. The highest BCUT2D eigenvalue weighted by Crippen LogP contribution is 2.23. The van der Waals surface area contributed by atoms with Crippen molar-refractivity contribution >= 4 is 0 Å². The zero-order valence-corrected chi connectivity index (χ0v) is 88.5. The molecular formula is C107H234N10O9. The van der Waals surface area contributed by atoms with Crippen molar-refractivity contribution in [1.29, 1.82) is 0 Å². The lowest BCUT2D eigenvalue weighted by Crippen LogP contribution is -2.41. The van der Waals surface area contributed by atoms with Crippen molar-refractivity contribution in [1.82, 2.24) is 51.1 Å². The van der Waals surface area contributed by atoms with Crippen LogP contribution in [0.1, 0.15) is 444 Å². The summed E-state index contributed by atoms with van der Waals surface area (Å²) in [6.45, 7) is 46.3. The summed E-state index contributed by atoms with van der Waals surface area (Å²) in [6, 6.07) is 0. The Hall–Kier alpha value is -0.760. The van der Waals surface area contributed by atoms with Crippen molar-refractivity contribution in [2.45, 2.75) is 499 Å². The van der Waals surface area contributed by atoms with Gasteiger partial charge in [0.25, 0.3) is 0 Å². The van der Waals surface area contributed by atoms with E-state index in [2.05, 4.69) is 141 Å². The molecule has 19 nitrogen and oxygen atoms in total. The largest absolute Gasteiger partial charge is 0.392 e. The summed E-state index contributed by atoms with van der Waals surface area (Å²) in [6.07, 6.45) is 65.3. The molecule has 0 aromatic carbocycles. The molecule has 0 aromatic heterocycles. The molecule has 126 heavy (non-hydrogen) atoms. The highest BCUT2D eigenvalue weighted by molar-refractivity contribution is 4.78. The minimum atomic E-state index is -0.347. The number of aliphatic hydroxyl groups excluding tert-OH is 9. The van der Waals surface area contributed by atoms with Crippen molar-refractivity contribution in [2.24, 2.45) is 29.6 Å². The van der Waals surface area contributed by atoms with Crippen LogP contribution in [-0.2, 0) is 0 Å². The number of aliphatic hydroxyl groups is 9. The highest BCUT2D eigenvalue weighted by Gasteiger charge is 2.24. The molecule has 0 aromatic rings. The van der Waals surface area contributed by atoms with E-state index in [1.807, 2.05) is 48.8 Å². The van der Waals surface area contributed by atoms with E-state index in [0.717, 1.165) is 169 Å². The second-order valence-electron chi connectivity index (χ2n) is 39.6. The van der Waals surface area contributed by atoms with Gasteiger partial charge in [0, 0.05) is 58.9 Å². The average Bonchev–Trinajstić information content (AvgIpc) is 0.924. The van der Waals surface area contributed by atoms with Gasteiger partial charge in [-0.2, -0.15) is 0 Å². The molecule has 14 atom stereocenters. The van der Waals surface area contributed by atoms with Gasteiger partial charge in [-0.1, -0.05) is 354 Å². The van der Waals surface area contributed by atoms with Gasteiger partial charge in [0.2, 0.25) is 0 Å². The van der Waals surface area contributed by atoms with E-state index < -0.39 is 0 Å². The van der Waals surface area contributed by atoms with E-state index in [1.54, 1.807) is 0 Å². The topological polar surface area (TPSA) is 258 Å². The van der Waals surface area contributed by atoms with Crippen molar-refractivity contribution in [3.8, 4) is 0 Å². The maximum atomic E-state index is 10.9. The van der Waals surface area contributed by atoms with E-state index in [4.69, 9.17) is 5.11 Å². The van der Waals surface area contributed by atoms with Crippen LogP contribution in [0.3, 0.4) is 0 Å². The average molecular weight is 1810 g/mol. The molecule has 0 rings (SSSR count). The summed E-state index contributed by atoms with van der Waals surface area (Å²) in [4.78, 5) is 11.2. The van der Waals surface area contributed by atoms with Crippen molar-refractivity contribution in [3.05, 3.63) is 0 Å². The third-order valence-corrected chi connectivity index (χ3v) is 26.4. The molecule has 14 unspecified atom stereocenters. The molecule has 14 N–H and O–H groups in total. The van der Waals surface area contributed by atoms with Crippen molar-refractivity contribution in [2.75, 3.05) is 167 Å². The summed E-state index contributed by atoms with van der Waals surface area (Å²) in [7, 11) is 12.2. The van der Waals surface area contributed by atoms with Crippen LogP contribution < -0.4 is 26.6 Å². The number of hydrogen-bond acceptors (Lipinski definition) is 19. The molecular weight excluding hydrogens is 1570 g/mol. The Morgan fingerprint density at radius 2 is 0.405 bits per heavy atom. The summed E-state index contributed by atoms with van der Waals surface area (Å²) < 4.78 is 0. The van der Waals surface area contributed by atoms with Crippen molar-refractivity contribution < 1.29 is 46.0 Å². The molecule has 766 valence electrons. The Balaban J connectivity index is -0.000000508. The predicted octanol–water partition coefficient (Wildman–Crippen LogP) is 20.8. The van der Waals surface area contributed by atoms with Crippen LogP contribution >= 0.6 is 0 Å². The summed E-state index contributed by atoms with van der Waals surface area (Å²) in [5.41, 5.74) is 0. The van der Waals surface area contributed by atoms with Gasteiger partial charge in [0.1, 0.15) is 0 Å². The van der Waals surface area contributed by atoms with E-state index >= 15 is 0 Å². The van der Waals surface area contributed by atoms with Crippen LogP contribution in [0, 0.1) is 29.6 Å². The fourth-order valence-corrected chi connectivity index (χ4v) is 16.3. The smallest absolute Gasteiger partial charge is 0.0692 e. The number of rotatable bonds is 92. The molecule has 0 radical (unpaired) electrons. The fourth-order valence-electron chi connectivity index (χ4n) is 16.3. The van der Waals surface area contributed by atoms with Crippen molar-refractivity contribution in [3.63, 3.8) is 0 Å². The Labute approximate surface area is 787 Å². The van der Waals surface area contributed by atoms with Gasteiger partial charge in [-0.05, 0) is 227 Å². The lowest BCUT2D eigenvalue weighted by atomic mass is 9.96. The minimum Gasteiger partial charge on any atom is -0.392 e. The van der Waals surface area contributed by atoms with E-state index in [-0.39, 0.29) is 60.9 Å². The summed E-state index contributed by atoms with van der Waals surface area (Å²) in [5, 5.41) is 108. The molecule has 0 aliphatic carbocycles. The van der Waals surface area contributed by atoms with Gasteiger partial charge >= 0.3 is 0 Å². The molecule has 0 saturated heterocycles. The lowest BCUT2D eigenvalue weighted by molar-refractivity contribution is 0.0382. The zero-order valence-electron chi connectivity index (χ0n) is 88.5. The quantitative estimate of drug-likeness (QED) is 0.0253. The van der Waals surface area contributed by atoms with Gasteiger partial charge in [0.05, 0.1) is 54.9 Å². The number of unbranched alkanes of at least 4 members (excludes halogenated alkanes) is 35. The second-order valence-corrected chi connectivity index (χ2v) is 39.6. The number of nitrogens with one attached hydrogen (secondary N) is 5. The first kappa shape index (κ1) is 134. The Kier molecular flexibility index (Phi) is 111. The van der Waals surface area contributed by atoms with E-state index in [0.29, 0.717) is 62.9 Å². The van der Waals surface area contributed by atoms with Crippen LogP contribution in [0.2, 0.25) is 0 Å². The maximum absolute atomic E-state index is 10.9. The molecule has 19 heteroatoms. The zero-order chi connectivity index (χ0) is 95.1. The maximum Gasteiger partial charge on any atom is 0.0692 e. The summed E-state index contributed by atoms with van der Waals surface area (Å²) in [5.74, 6) is 1.77. The highest BCUT2D eigenvalue weighted by atomic mass is 16.3. The van der Waals surface area contributed by atoms with Crippen LogP contribution in [0.5, 0.6) is 0 Å². The number of hydrogen-bond donors (Lipinski definition) is 14. The number of likely N-dealkylation sites (N-methyl/N-ethyl adjacent to an activating group) is 3. The van der Waals surface area contributed by atoms with Crippen LogP contribution in [0.25, 0.3) is 0 Å². The van der Waals surface area contributed by atoms with Gasteiger partial charge in [-0.3, -0.25) is 9.80 Å². The SMILES string of the molecule is CCC(O)CNCCCNC.CCCCCCCCCCC(C)C(O)CN(C)CCCN(CC(O)CC)CC(O)C(C)CCCCCCCCCC.CCCCCCCCCCC(C)C(O)CN(C)CCCNC.CCCCCCCCCCC(C)C(O)CN(C)CCCNCC(O)CC.CCCCCCCCCCC(C)C(O)CN(CCCNC)CC(O)CC. The Bertz CT molecular complexity index is 2010. The standard InChI is InChI=1S/C36H76N2O3.2C22H48N2O2.C19H42N2O.C8H20N2O/c1-7-10-12-14-16-18-20-22-25-32(4)35(40)30-37(6)27-24-28-38(29-34(39)9-3)31-36(41)33(5)26-23-21-19-17-15-13-11-8-2;1-5-7-8-9-10-11-12-13-15-20(3)22(26)19-24(4)17-14-16-23-18-21(25)6-2;1-5-7-8-9-10-11-12-13-15-20(3)22(26)19-24(17-14-16-23-4)18-21(25)6-2;1-5-6-7-8-9-10-11-12-14-18(2)19(22)17-21(4)16-13-15-20-3;1-3-8(11)7-10-6-4-5-9-2/h32-36,39-41H,7-31H2,1-6H3;2*20-23,25-26H,5-19H2,1-4H3;18-20,22H,5-17H2,1-4H3;8-11H,3-7H2,1-2H3. The monoisotopic (exact) mass is 1800 g/mol. The Morgan fingerprint density at radius 3 is 0.651 bits per heavy atom. The molecule has 0 aliphatic heterocycles. The molecule has 0 amide bonds. The third-order valence-electron chi connectivity index (χ3n) is 26.4.